The maximum atomic E-state index is 11.5. The van der Waals surface area contributed by atoms with E-state index in [1.807, 2.05) is 6.07 Å². The average Bonchev–Trinajstić information content (AvgIpc) is 2.56. The molecule has 0 aliphatic rings. The predicted octanol–water partition coefficient (Wildman–Crippen LogP) is 6.53. The molecule has 0 bridgehead atoms. The predicted molar refractivity (Wildman–Crippen MR) is 104 cm³/mol. The molecule has 0 aromatic heterocycles. The Balaban J connectivity index is 3.37. The first-order valence-corrected chi connectivity index (χ1v) is 11.3. The van der Waals surface area contributed by atoms with E-state index in [1.54, 1.807) is 6.07 Å². The van der Waals surface area contributed by atoms with Crippen LogP contribution in [0.5, 0.6) is 5.75 Å². The number of hydrogen-bond acceptors (Lipinski definition) is 2. The smallest absolute Gasteiger partial charge is 0.404 e. The first-order valence-electron chi connectivity index (χ1n) is 9.75. The van der Waals surface area contributed by atoms with Gasteiger partial charge in [0.05, 0.1) is 0 Å². The second-order valence-electron chi connectivity index (χ2n) is 6.84. The summed E-state index contributed by atoms with van der Waals surface area (Å²) in [6.45, 7) is 8.69. The maximum absolute atomic E-state index is 11.5. The zero-order chi connectivity index (χ0) is 18.9. The van der Waals surface area contributed by atoms with E-state index in [9.17, 15) is 14.4 Å². The fraction of sp³-hybridized carbons (Fsp3) is 0.700. The molecule has 0 amide bonds. The highest BCUT2D eigenvalue weighted by atomic mass is 31.2. The van der Waals surface area contributed by atoms with Crippen LogP contribution in [0, 0.1) is 0 Å². The Morgan fingerprint density at radius 3 is 2.00 bits per heavy atom. The van der Waals surface area contributed by atoms with Crippen LogP contribution < -0.4 is 4.52 Å². The topological polar surface area (TPSA) is 66.8 Å². The third kappa shape index (κ3) is 7.13. The number of hydrogen-bond donors (Lipinski definition) is 2. The van der Waals surface area contributed by atoms with E-state index < -0.39 is 7.82 Å². The van der Waals surface area contributed by atoms with Crippen molar-refractivity contribution < 1.29 is 18.9 Å². The standard InChI is InChI=1S/C20H35O4P/c1-5-9-12-16(7-3)18-14-11-15-19(24-25(21,22)23)20(18)17(8-4)13-10-6-2/h11,14-17H,5-10,12-13H2,1-4H3,(H2,21,22,23). The third-order valence-corrected chi connectivity index (χ3v) is 5.40. The van der Waals surface area contributed by atoms with Crippen molar-refractivity contribution in [2.45, 2.75) is 90.9 Å². The molecule has 0 spiro atoms. The van der Waals surface area contributed by atoms with Crippen LogP contribution in [0.4, 0.5) is 0 Å². The van der Waals surface area contributed by atoms with E-state index in [4.69, 9.17) is 4.52 Å². The van der Waals surface area contributed by atoms with Gasteiger partial charge in [-0.2, -0.15) is 0 Å². The number of benzene rings is 1. The maximum Gasteiger partial charge on any atom is 0.524 e. The summed E-state index contributed by atoms with van der Waals surface area (Å²) in [4.78, 5) is 18.7. The number of phosphoric ester groups is 1. The average molecular weight is 370 g/mol. The molecule has 144 valence electrons. The molecule has 1 aromatic rings. The van der Waals surface area contributed by atoms with Crippen molar-refractivity contribution in [2.75, 3.05) is 0 Å². The molecule has 0 saturated heterocycles. The summed E-state index contributed by atoms with van der Waals surface area (Å²) in [5, 5.41) is 0. The molecule has 5 heteroatoms. The van der Waals surface area contributed by atoms with Crippen LogP contribution in [-0.2, 0) is 4.57 Å². The quantitative estimate of drug-likeness (QED) is 0.411. The summed E-state index contributed by atoms with van der Waals surface area (Å²) in [6, 6.07) is 5.70. The van der Waals surface area contributed by atoms with Gasteiger partial charge in [-0.05, 0) is 49.1 Å². The fourth-order valence-electron chi connectivity index (χ4n) is 3.59. The molecule has 0 saturated carbocycles. The van der Waals surface area contributed by atoms with E-state index >= 15 is 0 Å². The Labute approximate surface area is 153 Å². The monoisotopic (exact) mass is 370 g/mol. The van der Waals surface area contributed by atoms with Gasteiger partial charge in [0.2, 0.25) is 0 Å². The van der Waals surface area contributed by atoms with Crippen LogP contribution in [0.3, 0.4) is 0 Å². The lowest BCUT2D eigenvalue weighted by Gasteiger charge is -2.27. The Morgan fingerprint density at radius 1 is 0.960 bits per heavy atom. The molecule has 0 heterocycles. The van der Waals surface area contributed by atoms with Crippen LogP contribution >= 0.6 is 7.82 Å². The molecule has 0 aliphatic heterocycles. The van der Waals surface area contributed by atoms with Crippen molar-refractivity contribution in [1.29, 1.82) is 0 Å². The summed E-state index contributed by atoms with van der Waals surface area (Å²) >= 11 is 0. The van der Waals surface area contributed by atoms with E-state index in [0.29, 0.717) is 11.7 Å². The highest BCUT2D eigenvalue weighted by Crippen LogP contribution is 2.46. The first-order chi connectivity index (χ1) is 11.9. The molecule has 2 atom stereocenters. The van der Waals surface area contributed by atoms with Crippen LogP contribution in [0.25, 0.3) is 0 Å². The lowest BCUT2D eigenvalue weighted by molar-refractivity contribution is 0.281. The van der Waals surface area contributed by atoms with Gasteiger partial charge >= 0.3 is 7.82 Å². The van der Waals surface area contributed by atoms with Gasteiger partial charge < -0.3 is 4.52 Å². The zero-order valence-electron chi connectivity index (χ0n) is 16.2. The van der Waals surface area contributed by atoms with E-state index in [-0.39, 0.29) is 5.92 Å². The van der Waals surface area contributed by atoms with Crippen molar-refractivity contribution in [1.82, 2.24) is 0 Å². The van der Waals surface area contributed by atoms with Crippen molar-refractivity contribution in [3.8, 4) is 5.75 Å². The van der Waals surface area contributed by atoms with E-state index in [2.05, 4.69) is 33.8 Å². The number of phosphoric acid groups is 1. The molecule has 25 heavy (non-hydrogen) atoms. The molecule has 0 fully saturated rings. The number of unbranched alkanes of at least 4 members (excludes halogenated alkanes) is 2. The van der Waals surface area contributed by atoms with Gasteiger partial charge in [0.15, 0.2) is 0 Å². The Hall–Kier alpha value is -0.830. The van der Waals surface area contributed by atoms with Crippen molar-refractivity contribution in [3.63, 3.8) is 0 Å². The molecule has 2 N–H and O–H groups in total. The first kappa shape index (κ1) is 22.2. The molecular weight excluding hydrogens is 335 g/mol. The molecule has 0 aliphatic carbocycles. The third-order valence-electron chi connectivity index (χ3n) is 4.96. The molecule has 1 rings (SSSR count). The van der Waals surface area contributed by atoms with Gasteiger partial charge in [-0.25, -0.2) is 4.57 Å². The summed E-state index contributed by atoms with van der Waals surface area (Å²) < 4.78 is 16.6. The van der Waals surface area contributed by atoms with Gasteiger partial charge in [-0.15, -0.1) is 0 Å². The normalized spacial score (nSPS) is 14.3. The lowest BCUT2D eigenvalue weighted by Crippen LogP contribution is -2.09. The van der Waals surface area contributed by atoms with Crippen LogP contribution in [0.15, 0.2) is 18.2 Å². The van der Waals surface area contributed by atoms with Crippen LogP contribution in [0.1, 0.15) is 102 Å². The SMILES string of the molecule is CCCCC(CC)c1cccc(OP(=O)(O)O)c1C(CC)CCCC. The minimum absolute atomic E-state index is 0.272. The minimum atomic E-state index is -4.57. The van der Waals surface area contributed by atoms with Gasteiger partial charge in [-0.1, -0.05) is 65.5 Å². The minimum Gasteiger partial charge on any atom is -0.404 e. The van der Waals surface area contributed by atoms with Gasteiger partial charge in [0.1, 0.15) is 5.75 Å². The molecule has 0 radical (unpaired) electrons. The van der Waals surface area contributed by atoms with E-state index in [0.717, 1.165) is 56.9 Å². The van der Waals surface area contributed by atoms with Crippen molar-refractivity contribution in [3.05, 3.63) is 29.3 Å². The van der Waals surface area contributed by atoms with Crippen molar-refractivity contribution >= 4 is 7.82 Å². The molecule has 2 unspecified atom stereocenters. The Bertz CT molecular complexity index is 553. The van der Waals surface area contributed by atoms with E-state index in [1.165, 1.54) is 5.56 Å². The second-order valence-corrected chi connectivity index (χ2v) is 8.00. The molecular formula is C20H35O4P. The molecule has 1 aromatic carbocycles. The van der Waals surface area contributed by atoms with Crippen LogP contribution in [-0.4, -0.2) is 9.79 Å². The summed E-state index contributed by atoms with van der Waals surface area (Å²) in [7, 11) is -4.57. The number of rotatable bonds is 12. The summed E-state index contributed by atoms with van der Waals surface area (Å²) in [5.74, 6) is 1.04. The van der Waals surface area contributed by atoms with Crippen LogP contribution in [0.2, 0.25) is 0 Å². The lowest BCUT2D eigenvalue weighted by atomic mass is 9.80. The Morgan fingerprint density at radius 2 is 1.52 bits per heavy atom. The van der Waals surface area contributed by atoms with Gasteiger partial charge in [0, 0.05) is 5.56 Å². The zero-order valence-corrected chi connectivity index (χ0v) is 17.1. The highest BCUT2D eigenvalue weighted by molar-refractivity contribution is 7.46. The largest absolute Gasteiger partial charge is 0.524 e. The molecule has 4 nitrogen and oxygen atoms in total. The second kappa shape index (κ2) is 11.0. The van der Waals surface area contributed by atoms with Gasteiger partial charge in [-0.3, -0.25) is 9.79 Å². The van der Waals surface area contributed by atoms with Crippen molar-refractivity contribution in [2.24, 2.45) is 0 Å². The Kier molecular flexibility index (Phi) is 9.78. The summed E-state index contributed by atoms with van der Waals surface area (Å²) in [6.07, 6.45) is 8.61. The summed E-state index contributed by atoms with van der Waals surface area (Å²) in [5.41, 5.74) is 2.23. The fourth-order valence-corrected chi connectivity index (χ4v) is 4.01. The highest BCUT2D eigenvalue weighted by Gasteiger charge is 2.26. The van der Waals surface area contributed by atoms with Gasteiger partial charge in [0.25, 0.3) is 0 Å².